The normalized spacial score (nSPS) is 10.1. The summed E-state index contributed by atoms with van der Waals surface area (Å²) < 4.78 is 0. The Morgan fingerprint density at radius 2 is 1.56 bits per heavy atom. The fraction of sp³-hybridized carbons (Fsp3) is 0.800. The van der Waals surface area contributed by atoms with E-state index in [1.165, 1.54) is 0 Å². The van der Waals surface area contributed by atoms with Crippen LogP contribution in [-0.4, -0.2) is 34.7 Å². The van der Waals surface area contributed by atoms with Crippen LogP contribution in [-0.2, 0) is 9.59 Å². The fourth-order valence-corrected chi connectivity index (χ4v) is 0.632. The summed E-state index contributed by atoms with van der Waals surface area (Å²) in [7, 11) is 0. The van der Waals surface area contributed by atoms with Crippen LogP contribution in [0.1, 0.15) is 40.0 Å². The van der Waals surface area contributed by atoms with E-state index in [9.17, 15) is 4.79 Å². The van der Waals surface area contributed by atoms with E-state index in [0.29, 0.717) is 13.0 Å². The van der Waals surface area contributed by atoms with Crippen molar-refractivity contribution in [2.45, 2.75) is 46.1 Å². The molecule has 0 aromatic heterocycles. The molecule has 0 amide bonds. The first-order valence-electron chi connectivity index (χ1n) is 5.29. The maximum Gasteiger partial charge on any atom is 0.320 e. The first-order chi connectivity index (χ1) is 7.41. The molecule has 98 valence electrons. The molecule has 0 aromatic carbocycles. The van der Waals surface area contributed by atoms with Gasteiger partial charge in [0.05, 0.1) is 0 Å². The molecule has 0 saturated heterocycles. The summed E-state index contributed by atoms with van der Waals surface area (Å²) in [4.78, 5) is 19.1. The number of hydrogen-bond donors (Lipinski definition) is 4. The van der Waals surface area contributed by atoms with Crippen LogP contribution in [0.25, 0.3) is 0 Å². The van der Waals surface area contributed by atoms with Crippen LogP contribution in [0.5, 0.6) is 0 Å². The number of aliphatic carboxylic acids is 2. The van der Waals surface area contributed by atoms with E-state index in [4.69, 9.17) is 26.5 Å². The molecular weight excluding hydrogens is 212 g/mol. The average Bonchev–Trinajstić information content (AvgIpc) is 2.20. The first kappa shape index (κ1) is 20.3. The van der Waals surface area contributed by atoms with Gasteiger partial charge in [-0.3, -0.25) is 9.59 Å². The summed E-state index contributed by atoms with van der Waals surface area (Å²) in [6.45, 7) is 5.69. The third-order valence-corrected chi connectivity index (χ3v) is 1.29. The van der Waals surface area contributed by atoms with Crippen LogP contribution in [0.4, 0.5) is 0 Å². The number of hydrogen-bond acceptors (Lipinski definition) is 4. The SMILES string of the molecule is CC.CC(=O)O.NCCCCC(N)C(=O)O. The van der Waals surface area contributed by atoms with Crippen molar-refractivity contribution < 1.29 is 19.8 Å². The zero-order chi connectivity index (χ0) is 13.6. The first-order valence-corrected chi connectivity index (χ1v) is 5.29. The number of rotatable bonds is 5. The lowest BCUT2D eigenvalue weighted by Gasteiger charge is -2.03. The Kier molecular flexibility index (Phi) is 20.7. The van der Waals surface area contributed by atoms with Crippen LogP contribution in [0.3, 0.4) is 0 Å². The van der Waals surface area contributed by atoms with Gasteiger partial charge in [0, 0.05) is 6.92 Å². The minimum absolute atomic E-state index is 0.520. The van der Waals surface area contributed by atoms with Gasteiger partial charge in [0.25, 0.3) is 5.97 Å². The van der Waals surface area contributed by atoms with Gasteiger partial charge in [-0.05, 0) is 19.4 Å². The van der Waals surface area contributed by atoms with Crippen LogP contribution < -0.4 is 11.5 Å². The fourth-order valence-electron chi connectivity index (χ4n) is 0.632. The number of nitrogens with two attached hydrogens (primary N) is 2. The van der Waals surface area contributed by atoms with Crippen molar-refractivity contribution in [3.05, 3.63) is 0 Å². The second kappa shape index (κ2) is 16.3. The van der Waals surface area contributed by atoms with Crippen molar-refractivity contribution >= 4 is 11.9 Å². The van der Waals surface area contributed by atoms with Crippen LogP contribution in [0.2, 0.25) is 0 Å². The molecule has 16 heavy (non-hydrogen) atoms. The maximum atomic E-state index is 10.1. The second-order valence-corrected chi connectivity index (χ2v) is 2.75. The minimum atomic E-state index is -0.933. The molecule has 0 aromatic rings. The van der Waals surface area contributed by atoms with Gasteiger partial charge < -0.3 is 21.7 Å². The Bertz CT molecular complexity index is 170. The largest absolute Gasteiger partial charge is 0.481 e. The number of carboxylic acid groups (broad SMARTS) is 2. The highest BCUT2D eigenvalue weighted by Crippen LogP contribution is 1.96. The van der Waals surface area contributed by atoms with E-state index in [-0.39, 0.29) is 0 Å². The highest BCUT2D eigenvalue weighted by atomic mass is 16.4. The predicted octanol–water partition coefficient (Wildman–Crippen LogP) is 0.644. The molecule has 6 N–H and O–H groups in total. The van der Waals surface area contributed by atoms with Crippen molar-refractivity contribution in [3.8, 4) is 0 Å². The van der Waals surface area contributed by atoms with E-state index in [1.807, 2.05) is 13.8 Å². The van der Waals surface area contributed by atoms with Gasteiger partial charge in [-0.25, -0.2) is 0 Å². The molecule has 0 rings (SSSR count). The number of carboxylic acids is 2. The molecule has 0 radical (unpaired) electrons. The summed E-state index contributed by atoms with van der Waals surface area (Å²) in [6, 6.07) is -0.716. The standard InChI is InChI=1S/C6H14N2O2.C2H4O2.C2H6/c7-4-2-1-3-5(8)6(9)10;1-2(3)4;1-2/h5H,1-4,7-8H2,(H,9,10);1H3,(H,3,4);1-2H3. The second-order valence-electron chi connectivity index (χ2n) is 2.75. The van der Waals surface area contributed by atoms with Crippen molar-refractivity contribution in [1.29, 1.82) is 0 Å². The van der Waals surface area contributed by atoms with E-state index in [1.54, 1.807) is 0 Å². The molecule has 1 unspecified atom stereocenters. The lowest BCUT2D eigenvalue weighted by atomic mass is 10.1. The van der Waals surface area contributed by atoms with Gasteiger partial charge in [-0.2, -0.15) is 0 Å². The van der Waals surface area contributed by atoms with Gasteiger partial charge >= 0.3 is 5.97 Å². The van der Waals surface area contributed by atoms with Crippen molar-refractivity contribution in [3.63, 3.8) is 0 Å². The smallest absolute Gasteiger partial charge is 0.320 e. The topological polar surface area (TPSA) is 127 Å². The minimum Gasteiger partial charge on any atom is -0.481 e. The quantitative estimate of drug-likeness (QED) is 0.519. The third-order valence-electron chi connectivity index (χ3n) is 1.29. The summed E-state index contributed by atoms with van der Waals surface area (Å²) >= 11 is 0. The maximum absolute atomic E-state index is 10.1. The molecule has 0 saturated carbocycles. The summed E-state index contributed by atoms with van der Waals surface area (Å²) in [6.07, 6.45) is 2.16. The lowest BCUT2D eigenvalue weighted by Crippen LogP contribution is -2.29. The molecule has 0 aliphatic rings. The Balaban J connectivity index is -0.000000237. The lowest BCUT2D eigenvalue weighted by molar-refractivity contribution is -0.138. The van der Waals surface area contributed by atoms with Gasteiger partial charge in [-0.1, -0.05) is 20.3 Å². The summed E-state index contributed by atoms with van der Waals surface area (Å²) in [5.74, 6) is -1.77. The highest BCUT2D eigenvalue weighted by molar-refractivity contribution is 5.72. The van der Waals surface area contributed by atoms with Crippen molar-refractivity contribution in [2.75, 3.05) is 6.54 Å². The Morgan fingerprint density at radius 1 is 1.19 bits per heavy atom. The van der Waals surface area contributed by atoms with Crippen molar-refractivity contribution in [2.24, 2.45) is 11.5 Å². The third kappa shape index (κ3) is 29.3. The summed E-state index contributed by atoms with van der Waals surface area (Å²) in [5.41, 5.74) is 10.4. The zero-order valence-corrected chi connectivity index (χ0v) is 10.3. The molecule has 0 fully saturated rings. The van der Waals surface area contributed by atoms with E-state index >= 15 is 0 Å². The molecule has 0 aliphatic carbocycles. The van der Waals surface area contributed by atoms with E-state index in [0.717, 1.165) is 19.8 Å². The van der Waals surface area contributed by atoms with E-state index in [2.05, 4.69) is 0 Å². The summed E-state index contributed by atoms with van der Waals surface area (Å²) in [5, 5.41) is 15.7. The van der Waals surface area contributed by atoms with Gasteiger partial charge in [0.15, 0.2) is 0 Å². The molecule has 0 heterocycles. The van der Waals surface area contributed by atoms with Crippen LogP contribution in [0, 0.1) is 0 Å². The molecule has 1 atom stereocenters. The molecule has 6 heteroatoms. The van der Waals surface area contributed by atoms with Crippen molar-refractivity contribution in [1.82, 2.24) is 0 Å². The molecule has 0 bridgehead atoms. The van der Waals surface area contributed by atoms with Gasteiger partial charge in [0.2, 0.25) is 0 Å². The Morgan fingerprint density at radius 3 is 1.81 bits per heavy atom. The number of unbranched alkanes of at least 4 members (excludes halogenated alkanes) is 1. The monoisotopic (exact) mass is 236 g/mol. The average molecular weight is 236 g/mol. The number of carbonyl (C=O) groups is 2. The highest BCUT2D eigenvalue weighted by Gasteiger charge is 2.09. The molecule has 0 spiro atoms. The predicted molar refractivity (Wildman–Crippen MR) is 63.2 cm³/mol. The molecular formula is C10H24N2O4. The van der Waals surface area contributed by atoms with Gasteiger partial charge in [-0.15, -0.1) is 0 Å². The Hall–Kier alpha value is -1.14. The zero-order valence-electron chi connectivity index (χ0n) is 10.3. The van der Waals surface area contributed by atoms with E-state index < -0.39 is 18.0 Å². The van der Waals surface area contributed by atoms with Crippen LogP contribution in [0.15, 0.2) is 0 Å². The Labute approximate surface area is 96.6 Å². The van der Waals surface area contributed by atoms with Gasteiger partial charge in [0.1, 0.15) is 6.04 Å². The molecule has 0 aliphatic heterocycles. The van der Waals surface area contributed by atoms with Crippen LogP contribution >= 0.6 is 0 Å². The molecule has 6 nitrogen and oxygen atoms in total.